The molecule has 0 spiro atoms. The molecular formula is C20H17F2N3O2. The van der Waals surface area contributed by atoms with Gasteiger partial charge in [0.15, 0.2) is 0 Å². The topological polar surface area (TPSA) is 59.2 Å². The van der Waals surface area contributed by atoms with Crippen LogP contribution in [0.15, 0.2) is 53.1 Å². The molecule has 4 rings (SSSR count). The van der Waals surface area contributed by atoms with Gasteiger partial charge in [-0.1, -0.05) is 17.3 Å². The molecule has 5 nitrogen and oxygen atoms in total. The average Bonchev–Trinajstić information content (AvgIpc) is 3.29. The van der Waals surface area contributed by atoms with Crippen LogP contribution in [0.25, 0.3) is 11.4 Å². The predicted octanol–water partition coefficient (Wildman–Crippen LogP) is 4.09. The van der Waals surface area contributed by atoms with Gasteiger partial charge in [-0.25, -0.2) is 8.78 Å². The van der Waals surface area contributed by atoms with Gasteiger partial charge in [0.2, 0.25) is 17.6 Å². The summed E-state index contributed by atoms with van der Waals surface area (Å²) < 4.78 is 31.5. The largest absolute Gasteiger partial charge is 0.339 e. The van der Waals surface area contributed by atoms with Gasteiger partial charge in [0.25, 0.3) is 0 Å². The van der Waals surface area contributed by atoms with Crippen molar-refractivity contribution in [1.29, 1.82) is 0 Å². The lowest BCUT2D eigenvalue weighted by Gasteiger charge is -2.25. The summed E-state index contributed by atoms with van der Waals surface area (Å²) in [7, 11) is 0. The first-order valence-corrected chi connectivity index (χ1v) is 8.66. The highest BCUT2D eigenvalue weighted by Crippen LogP contribution is 2.34. The van der Waals surface area contributed by atoms with Crippen LogP contribution in [0.3, 0.4) is 0 Å². The van der Waals surface area contributed by atoms with Gasteiger partial charge in [0.1, 0.15) is 11.6 Å². The van der Waals surface area contributed by atoms with Gasteiger partial charge in [-0.15, -0.1) is 0 Å². The predicted molar refractivity (Wildman–Crippen MR) is 93.6 cm³/mol. The van der Waals surface area contributed by atoms with E-state index < -0.39 is 0 Å². The van der Waals surface area contributed by atoms with Crippen molar-refractivity contribution in [3.05, 3.63) is 71.6 Å². The zero-order valence-electron chi connectivity index (χ0n) is 14.6. The van der Waals surface area contributed by atoms with E-state index in [4.69, 9.17) is 4.52 Å². The van der Waals surface area contributed by atoms with E-state index in [2.05, 4.69) is 10.1 Å². The smallest absolute Gasteiger partial charge is 0.232 e. The molecule has 2 atom stereocenters. The highest BCUT2D eigenvalue weighted by molar-refractivity contribution is 5.80. The second-order valence-electron chi connectivity index (χ2n) is 6.64. The van der Waals surface area contributed by atoms with Gasteiger partial charge in [-0.2, -0.15) is 4.98 Å². The molecule has 0 aliphatic carbocycles. The Balaban J connectivity index is 1.50. The summed E-state index contributed by atoms with van der Waals surface area (Å²) in [5, 5.41) is 3.94. The first kappa shape index (κ1) is 17.3. The summed E-state index contributed by atoms with van der Waals surface area (Å²) in [5.74, 6) is -0.121. The van der Waals surface area contributed by atoms with Crippen molar-refractivity contribution >= 4 is 5.91 Å². The molecule has 1 aliphatic heterocycles. The Hall–Kier alpha value is -3.09. The van der Waals surface area contributed by atoms with Crippen LogP contribution < -0.4 is 0 Å². The van der Waals surface area contributed by atoms with Crippen molar-refractivity contribution < 1.29 is 18.1 Å². The Bertz CT molecular complexity index is 954. The molecular weight excluding hydrogens is 352 g/mol. The first-order valence-electron chi connectivity index (χ1n) is 8.66. The average molecular weight is 369 g/mol. The van der Waals surface area contributed by atoms with Crippen LogP contribution in [0, 0.1) is 11.6 Å². The third-order valence-corrected chi connectivity index (χ3v) is 4.87. The number of likely N-dealkylation sites (tertiary alicyclic amines) is 1. The summed E-state index contributed by atoms with van der Waals surface area (Å²) in [6, 6.07) is 11.8. The number of halogens is 2. The lowest BCUT2D eigenvalue weighted by atomic mass is 10.1. The van der Waals surface area contributed by atoms with E-state index in [1.165, 1.54) is 24.3 Å². The van der Waals surface area contributed by atoms with Crippen LogP contribution in [-0.4, -0.2) is 27.5 Å². The summed E-state index contributed by atoms with van der Waals surface area (Å²) >= 11 is 0. The first-order chi connectivity index (χ1) is 13.0. The number of carbonyl (C=O) groups excluding carboxylic acids is 1. The van der Waals surface area contributed by atoms with E-state index in [9.17, 15) is 13.6 Å². The highest BCUT2D eigenvalue weighted by Gasteiger charge is 2.37. The normalized spacial score (nSPS) is 18.1. The molecule has 3 aromatic rings. The molecule has 0 radical (unpaired) electrons. The van der Waals surface area contributed by atoms with Crippen LogP contribution in [0.2, 0.25) is 0 Å². The number of hydrogen-bond donors (Lipinski definition) is 0. The maximum atomic E-state index is 13.1. The van der Waals surface area contributed by atoms with E-state index in [0.717, 1.165) is 5.56 Å². The van der Waals surface area contributed by atoms with E-state index in [0.29, 0.717) is 23.8 Å². The molecule has 1 saturated heterocycles. The van der Waals surface area contributed by atoms with E-state index in [1.54, 1.807) is 29.2 Å². The molecule has 0 bridgehead atoms. The fourth-order valence-corrected chi connectivity index (χ4v) is 3.31. The van der Waals surface area contributed by atoms with Crippen molar-refractivity contribution in [2.24, 2.45) is 0 Å². The molecule has 2 heterocycles. The number of aromatic nitrogens is 2. The third kappa shape index (κ3) is 3.45. The second-order valence-corrected chi connectivity index (χ2v) is 6.64. The van der Waals surface area contributed by atoms with Crippen molar-refractivity contribution in [2.45, 2.75) is 25.3 Å². The minimum Gasteiger partial charge on any atom is -0.339 e. The van der Waals surface area contributed by atoms with Gasteiger partial charge in [0, 0.05) is 18.5 Å². The number of amides is 1. The molecule has 1 fully saturated rings. The maximum Gasteiger partial charge on any atom is 0.232 e. The number of benzene rings is 2. The van der Waals surface area contributed by atoms with E-state index >= 15 is 0 Å². The summed E-state index contributed by atoms with van der Waals surface area (Å²) in [6.45, 7) is 2.35. The highest BCUT2D eigenvalue weighted by atomic mass is 19.1. The monoisotopic (exact) mass is 369 g/mol. The zero-order chi connectivity index (χ0) is 19.0. The van der Waals surface area contributed by atoms with Crippen molar-refractivity contribution in [3.8, 4) is 11.4 Å². The van der Waals surface area contributed by atoms with Crippen molar-refractivity contribution in [1.82, 2.24) is 15.0 Å². The summed E-state index contributed by atoms with van der Waals surface area (Å²) in [6.07, 6.45) is 0.274. The molecule has 1 aromatic heterocycles. The standard InChI is InChI=1S/C20H17F2N3O2/c1-12(13-2-6-16(21)7-3-13)25-11-15(10-18(25)26)20-23-19(24-27-20)14-4-8-17(22)9-5-14/h2-9,12,15H,10-11H2,1H3. The van der Waals surface area contributed by atoms with Crippen LogP contribution in [0.5, 0.6) is 0 Å². The number of carbonyl (C=O) groups is 1. The van der Waals surface area contributed by atoms with Crippen LogP contribution in [-0.2, 0) is 4.79 Å². The summed E-state index contributed by atoms with van der Waals surface area (Å²) in [4.78, 5) is 18.6. The van der Waals surface area contributed by atoms with E-state index in [-0.39, 0.29) is 35.9 Å². The van der Waals surface area contributed by atoms with Crippen molar-refractivity contribution in [2.75, 3.05) is 6.54 Å². The van der Waals surface area contributed by atoms with E-state index in [1.807, 2.05) is 6.92 Å². The number of nitrogens with zero attached hydrogens (tertiary/aromatic N) is 3. The minimum absolute atomic E-state index is 0.0154. The van der Waals surface area contributed by atoms with Crippen LogP contribution in [0.1, 0.15) is 36.8 Å². The molecule has 1 amide bonds. The van der Waals surface area contributed by atoms with Crippen LogP contribution in [0.4, 0.5) is 8.78 Å². The molecule has 0 saturated carbocycles. The number of hydrogen-bond acceptors (Lipinski definition) is 4. The van der Waals surface area contributed by atoms with Gasteiger partial charge < -0.3 is 9.42 Å². The van der Waals surface area contributed by atoms with Gasteiger partial charge in [-0.05, 0) is 48.9 Å². The lowest BCUT2D eigenvalue weighted by Crippen LogP contribution is -2.28. The molecule has 2 unspecified atom stereocenters. The maximum absolute atomic E-state index is 13.1. The van der Waals surface area contributed by atoms with Gasteiger partial charge in [0.05, 0.1) is 12.0 Å². The molecule has 7 heteroatoms. The molecule has 138 valence electrons. The Morgan fingerprint density at radius 3 is 2.37 bits per heavy atom. The molecule has 1 aliphatic rings. The fourth-order valence-electron chi connectivity index (χ4n) is 3.31. The molecule has 27 heavy (non-hydrogen) atoms. The Labute approximate surface area is 154 Å². The van der Waals surface area contributed by atoms with Gasteiger partial charge in [-0.3, -0.25) is 4.79 Å². The molecule has 2 aromatic carbocycles. The number of rotatable bonds is 4. The zero-order valence-corrected chi connectivity index (χ0v) is 14.6. The van der Waals surface area contributed by atoms with Crippen LogP contribution >= 0.6 is 0 Å². The van der Waals surface area contributed by atoms with Crippen molar-refractivity contribution in [3.63, 3.8) is 0 Å². The quantitative estimate of drug-likeness (QED) is 0.695. The third-order valence-electron chi connectivity index (χ3n) is 4.87. The Kier molecular flexibility index (Phi) is 4.43. The summed E-state index contributed by atoms with van der Waals surface area (Å²) in [5.41, 5.74) is 1.51. The molecule has 0 N–H and O–H groups in total. The second kappa shape index (κ2) is 6.90. The van der Waals surface area contributed by atoms with Gasteiger partial charge >= 0.3 is 0 Å². The Morgan fingerprint density at radius 1 is 1.07 bits per heavy atom. The Morgan fingerprint density at radius 2 is 1.70 bits per heavy atom. The minimum atomic E-state index is -0.339. The SMILES string of the molecule is CC(c1ccc(F)cc1)N1CC(c2nc(-c3ccc(F)cc3)no2)CC1=O. The lowest BCUT2D eigenvalue weighted by molar-refractivity contribution is -0.129. The fraction of sp³-hybridized carbons (Fsp3) is 0.250.